The van der Waals surface area contributed by atoms with E-state index in [1.54, 1.807) is 11.8 Å². The quantitative estimate of drug-likeness (QED) is 0.285. The molecule has 3 saturated heterocycles. The van der Waals surface area contributed by atoms with E-state index >= 15 is 0 Å². The molecule has 5 rings (SSSR count). The largest absolute Gasteiger partial charge is 0.449 e. The van der Waals surface area contributed by atoms with E-state index in [2.05, 4.69) is 37.4 Å². The van der Waals surface area contributed by atoms with Gasteiger partial charge >= 0.3 is 6.09 Å². The van der Waals surface area contributed by atoms with E-state index in [1.807, 2.05) is 0 Å². The predicted octanol–water partition coefficient (Wildman–Crippen LogP) is -0.636. The van der Waals surface area contributed by atoms with Crippen LogP contribution in [-0.4, -0.2) is 104 Å². The second-order valence-corrected chi connectivity index (χ2v) is 10.5. The summed E-state index contributed by atoms with van der Waals surface area (Å²) in [4.78, 5) is 39.3. The molecule has 6 N–H and O–H groups in total. The van der Waals surface area contributed by atoms with Crippen molar-refractivity contribution in [3.8, 4) is 11.8 Å². The smallest absolute Gasteiger partial charge is 0.409 e. The Labute approximate surface area is 231 Å². The van der Waals surface area contributed by atoms with Gasteiger partial charge in [-0.2, -0.15) is 0 Å². The van der Waals surface area contributed by atoms with Gasteiger partial charge in [0.2, 0.25) is 5.82 Å². The molecule has 0 saturated carbocycles. The van der Waals surface area contributed by atoms with E-state index in [4.69, 9.17) is 15.2 Å². The molecule has 216 valence electrons. The zero-order valence-corrected chi connectivity index (χ0v) is 22.5. The van der Waals surface area contributed by atoms with Gasteiger partial charge in [-0.15, -0.1) is 0 Å². The van der Waals surface area contributed by atoms with E-state index in [0.717, 1.165) is 32.4 Å². The van der Waals surface area contributed by atoms with E-state index in [9.17, 15) is 19.8 Å². The number of nitrogens with two attached hydrogens (primary N) is 1. The molecule has 5 atom stereocenters. The second kappa shape index (κ2) is 12.3. The van der Waals surface area contributed by atoms with Gasteiger partial charge in [0.15, 0.2) is 23.8 Å². The first-order valence-electron chi connectivity index (χ1n) is 13.8. The van der Waals surface area contributed by atoms with Crippen molar-refractivity contribution in [1.29, 1.82) is 0 Å². The minimum atomic E-state index is -1.43. The number of hydrogen-bond donors (Lipinski definition) is 5. The lowest BCUT2D eigenvalue weighted by molar-refractivity contribution is -0.137. The van der Waals surface area contributed by atoms with E-state index in [1.165, 1.54) is 10.9 Å². The fourth-order valence-electron chi connectivity index (χ4n) is 5.29. The number of likely N-dealkylation sites (N-methyl/N-ethyl adjacent to an activating group) is 1. The Kier molecular flexibility index (Phi) is 8.65. The molecular formula is C26H36N8O6. The van der Waals surface area contributed by atoms with Gasteiger partial charge in [-0.1, -0.05) is 5.92 Å². The summed E-state index contributed by atoms with van der Waals surface area (Å²) in [5.41, 5.74) is 6.67. The van der Waals surface area contributed by atoms with E-state index < -0.39 is 30.4 Å². The average Bonchev–Trinajstić information content (AvgIpc) is 3.68. The number of aliphatic hydroxyl groups is 2. The van der Waals surface area contributed by atoms with Crippen molar-refractivity contribution < 1.29 is 29.3 Å². The molecule has 3 aliphatic rings. The highest BCUT2D eigenvalue weighted by molar-refractivity contribution is 5.83. The molecule has 0 spiro atoms. The molecule has 0 aromatic carbocycles. The number of aliphatic hydroxyl groups excluding tert-OH is 2. The third kappa shape index (κ3) is 5.97. The monoisotopic (exact) mass is 556 g/mol. The van der Waals surface area contributed by atoms with Gasteiger partial charge in [-0.05, 0) is 44.6 Å². The van der Waals surface area contributed by atoms with Crippen molar-refractivity contribution in [3.05, 3.63) is 12.2 Å². The Balaban J connectivity index is 1.19. The number of carbonyl (C=O) groups excluding carboxylic acids is 2. The number of nitrogen functional groups attached to an aromatic ring is 1. The number of ether oxygens (including phenoxy) is 2. The molecule has 14 nitrogen and oxygen atoms in total. The van der Waals surface area contributed by atoms with Crippen molar-refractivity contribution in [1.82, 2.24) is 35.1 Å². The summed E-state index contributed by atoms with van der Waals surface area (Å²) in [6.07, 6.45) is -0.723. The van der Waals surface area contributed by atoms with Crippen LogP contribution in [0.5, 0.6) is 0 Å². The van der Waals surface area contributed by atoms with Crippen LogP contribution in [0.25, 0.3) is 11.2 Å². The Morgan fingerprint density at radius 3 is 2.75 bits per heavy atom. The highest BCUT2D eigenvalue weighted by Crippen LogP contribution is 2.32. The number of anilines is 1. The summed E-state index contributed by atoms with van der Waals surface area (Å²) in [6.45, 7) is 5.71. The van der Waals surface area contributed by atoms with Crippen LogP contribution < -0.4 is 16.4 Å². The third-order valence-corrected chi connectivity index (χ3v) is 7.64. The number of nitrogens with one attached hydrogen (secondary N) is 2. The minimum Gasteiger partial charge on any atom is -0.449 e. The topological polar surface area (TPSA) is 190 Å². The van der Waals surface area contributed by atoms with Crippen LogP contribution >= 0.6 is 0 Å². The number of piperidine rings is 1. The molecular weight excluding hydrogens is 520 g/mol. The molecule has 0 radical (unpaired) electrons. The maximum absolute atomic E-state index is 12.4. The lowest BCUT2D eigenvalue weighted by atomic mass is 9.94. The number of rotatable bonds is 6. The molecule has 2 amide bonds. The van der Waals surface area contributed by atoms with Crippen LogP contribution in [0.1, 0.15) is 44.7 Å². The van der Waals surface area contributed by atoms with Crippen LogP contribution in [0.2, 0.25) is 0 Å². The number of likely N-dealkylation sites (tertiary alicyclic amines) is 1. The summed E-state index contributed by atoms with van der Waals surface area (Å²) in [5.74, 6) is 6.59. The first-order valence-corrected chi connectivity index (χ1v) is 13.8. The number of aromatic nitrogens is 4. The zero-order valence-electron chi connectivity index (χ0n) is 22.5. The van der Waals surface area contributed by atoms with Gasteiger partial charge in [-0.3, -0.25) is 9.36 Å². The standard InChI is InChI=1S/C26H36N8O6/c1-2-29-24(37)21-19(35)20(36)25(40-21)34-14-30-18-22(27)31-17(32-23(18)34)5-3-4-15-7-10-33(11-8-15)26(38)39-13-16-6-9-28-12-16/h14-16,19-21,25,28,35-36H,2,4,6-13H2,1H3,(H,29,37)(H2,27,31,32). The molecule has 2 aromatic rings. The summed E-state index contributed by atoms with van der Waals surface area (Å²) in [5, 5.41) is 26.8. The predicted molar refractivity (Wildman–Crippen MR) is 142 cm³/mol. The SMILES string of the molecule is CCNC(=O)C1OC(n2cnc3c(N)nc(C#CCC4CCN(C(=O)OCC5CCNC5)CC4)nc32)C(O)C1O. The molecule has 2 aromatic heterocycles. The first-order chi connectivity index (χ1) is 19.4. The molecule has 5 heterocycles. The molecule has 0 bridgehead atoms. The zero-order chi connectivity index (χ0) is 28.2. The van der Waals surface area contributed by atoms with Gasteiger partial charge in [0, 0.05) is 38.5 Å². The summed E-state index contributed by atoms with van der Waals surface area (Å²) in [7, 11) is 0. The van der Waals surface area contributed by atoms with Crippen LogP contribution in [0.15, 0.2) is 6.33 Å². The van der Waals surface area contributed by atoms with Crippen LogP contribution in [0.4, 0.5) is 10.6 Å². The molecule has 3 fully saturated rings. The normalized spacial score (nSPS) is 27.0. The number of fused-ring (bicyclic) bond motifs is 1. The van der Waals surface area contributed by atoms with Crippen molar-refractivity contribution in [2.45, 2.75) is 57.1 Å². The van der Waals surface area contributed by atoms with Gasteiger partial charge in [0.1, 0.15) is 17.7 Å². The molecule has 0 aliphatic carbocycles. The van der Waals surface area contributed by atoms with Crippen molar-refractivity contribution >= 4 is 29.0 Å². The first kappa shape index (κ1) is 28.0. The lowest BCUT2D eigenvalue weighted by Crippen LogP contribution is -2.42. The average molecular weight is 557 g/mol. The van der Waals surface area contributed by atoms with Crippen LogP contribution in [0, 0.1) is 23.7 Å². The fourth-order valence-corrected chi connectivity index (χ4v) is 5.29. The van der Waals surface area contributed by atoms with Crippen molar-refractivity contribution in [2.24, 2.45) is 11.8 Å². The summed E-state index contributed by atoms with van der Waals surface area (Å²) < 4.78 is 12.6. The van der Waals surface area contributed by atoms with E-state index in [-0.39, 0.29) is 23.4 Å². The highest BCUT2D eigenvalue weighted by atomic mass is 16.6. The summed E-state index contributed by atoms with van der Waals surface area (Å²) >= 11 is 0. The maximum Gasteiger partial charge on any atom is 0.409 e. The Hall–Kier alpha value is -3.51. The number of hydrogen-bond acceptors (Lipinski definition) is 11. The van der Waals surface area contributed by atoms with Gasteiger partial charge in [-0.25, -0.2) is 19.7 Å². The number of amides is 2. The third-order valence-electron chi connectivity index (χ3n) is 7.64. The van der Waals surface area contributed by atoms with E-state index in [0.29, 0.717) is 50.0 Å². The molecule has 40 heavy (non-hydrogen) atoms. The summed E-state index contributed by atoms with van der Waals surface area (Å²) in [6, 6.07) is 0. The number of nitrogens with zero attached hydrogens (tertiary/aromatic N) is 5. The van der Waals surface area contributed by atoms with Crippen molar-refractivity contribution in [3.63, 3.8) is 0 Å². The second-order valence-electron chi connectivity index (χ2n) is 10.5. The van der Waals surface area contributed by atoms with Gasteiger partial charge < -0.3 is 41.0 Å². The van der Waals surface area contributed by atoms with Crippen LogP contribution in [-0.2, 0) is 14.3 Å². The highest BCUT2D eigenvalue weighted by Gasteiger charge is 2.47. The molecule has 5 unspecified atom stereocenters. The van der Waals surface area contributed by atoms with Gasteiger partial charge in [0.05, 0.1) is 12.9 Å². The minimum absolute atomic E-state index is 0.113. The fraction of sp³-hybridized carbons (Fsp3) is 0.654. The molecule has 3 aliphatic heterocycles. The Bertz CT molecular complexity index is 1280. The lowest BCUT2D eigenvalue weighted by Gasteiger charge is -2.30. The molecule has 14 heteroatoms. The van der Waals surface area contributed by atoms with Crippen molar-refractivity contribution in [2.75, 3.05) is 45.1 Å². The Morgan fingerprint density at radius 1 is 1.23 bits per heavy atom. The van der Waals surface area contributed by atoms with Gasteiger partial charge in [0.25, 0.3) is 5.91 Å². The maximum atomic E-state index is 12.4. The number of imidazole rings is 1. The van der Waals surface area contributed by atoms with Crippen LogP contribution in [0.3, 0.4) is 0 Å². The number of carbonyl (C=O) groups is 2. The Morgan fingerprint density at radius 2 is 2.02 bits per heavy atom.